The number of nitrogens with zero attached hydrogens (tertiary/aromatic N) is 5. The van der Waals surface area contributed by atoms with Crippen LogP contribution in [0.15, 0.2) is 62.7 Å². The van der Waals surface area contributed by atoms with Crippen LogP contribution in [-0.2, 0) is 9.59 Å². The molecule has 34 heavy (non-hydrogen) atoms. The number of amides is 2. The van der Waals surface area contributed by atoms with Gasteiger partial charge in [-0.05, 0) is 24.3 Å². The Labute approximate surface area is 198 Å². The molecule has 5 rings (SSSR count). The van der Waals surface area contributed by atoms with Crippen LogP contribution in [0.4, 0.5) is 0 Å². The number of furan rings is 2. The third kappa shape index (κ3) is 4.62. The number of hydrogen-bond acceptors (Lipinski definition) is 7. The molecule has 0 radical (unpaired) electrons. The second-order valence-corrected chi connectivity index (χ2v) is 9.01. The summed E-state index contributed by atoms with van der Waals surface area (Å²) in [5.41, 5.74) is 1.53. The highest BCUT2D eigenvalue weighted by Gasteiger charge is 2.36. The quantitative estimate of drug-likeness (QED) is 0.558. The molecule has 178 valence electrons. The Hall–Kier alpha value is -3.43. The van der Waals surface area contributed by atoms with E-state index in [0.717, 1.165) is 42.9 Å². The number of piperazine rings is 1. The molecule has 3 aromatic rings. The summed E-state index contributed by atoms with van der Waals surface area (Å²) in [6, 6.07) is 13.2. The summed E-state index contributed by atoms with van der Waals surface area (Å²) in [6.07, 6.45) is 2.14. The lowest BCUT2D eigenvalue weighted by atomic mass is 10.1. The van der Waals surface area contributed by atoms with Crippen molar-refractivity contribution < 1.29 is 18.4 Å². The van der Waals surface area contributed by atoms with Crippen molar-refractivity contribution in [3.8, 4) is 0 Å². The molecule has 0 N–H and O–H groups in total. The molecule has 1 saturated heterocycles. The summed E-state index contributed by atoms with van der Waals surface area (Å²) in [5.74, 6) is 1.39. The van der Waals surface area contributed by atoms with Gasteiger partial charge in [-0.1, -0.05) is 18.2 Å². The van der Waals surface area contributed by atoms with Gasteiger partial charge in [0.2, 0.25) is 5.91 Å². The molecule has 2 amide bonds. The summed E-state index contributed by atoms with van der Waals surface area (Å²) in [6.45, 7) is 3.64. The van der Waals surface area contributed by atoms with Gasteiger partial charge in [0.25, 0.3) is 5.91 Å². The van der Waals surface area contributed by atoms with Gasteiger partial charge in [-0.25, -0.2) is 5.01 Å². The minimum atomic E-state index is -0.301. The smallest absolute Gasteiger partial charge is 0.257 e. The van der Waals surface area contributed by atoms with Crippen LogP contribution in [-0.4, -0.2) is 90.6 Å². The monoisotopic (exact) mass is 463 g/mol. The molecule has 4 heterocycles. The average Bonchev–Trinajstić information content (AvgIpc) is 3.58. The Bertz CT molecular complexity index is 1160. The lowest BCUT2D eigenvalue weighted by Gasteiger charge is -2.35. The molecule has 1 fully saturated rings. The number of para-hydroxylation sites is 1. The summed E-state index contributed by atoms with van der Waals surface area (Å²) < 4.78 is 11.7. The largest absolute Gasteiger partial charge is 0.467 e. The molecular weight excluding hydrogens is 434 g/mol. The van der Waals surface area contributed by atoms with Crippen molar-refractivity contribution in [2.24, 2.45) is 5.10 Å². The highest BCUT2D eigenvalue weighted by molar-refractivity contribution is 6.03. The van der Waals surface area contributed by atoms with E-state index in [9.17, 15) is 9.59 Å². The van der Waals surface area contributed by atoms with E-state index < -0.39 is 0 Å². The molecule has 0 spiro atoms. The van der Waals surface area contributed by atoms with Crippen LogP contribution in [0.25, 0.3) is 11.0 Å². The molecule has 0 bridgehead atoms. The van der Waals surface area contributed by atoms with Crippen LogP contribution in [0.1, 0.15) is 24.0 Å². The van der Waals surface area contributed by atoms with E-state index in [1.165, 1.54) is 0 Å². The van der Waals surface area contributed by atoms with E-state index in [0.29, 0.717) is 24.5 Å². The normalized spacial score (nSPS) is 19.5. The van der Waals surface area contributed by atoms with Gasteiger partial charge in [0.05, 0.1) is 19.4 Å². The topological polar surface area (TPSA) is 85.7 Å². The second-order valence-electron chi connectivity index (χ2n) is 9.01. The SMILES string of the molecule is CN(C)C(=O)CN1CCN(CC(=O)N2N=C(c3cc4ccccc4o3)C[C@H]2c2ccco2)CC1. The number of hydrazone groups is 1. The molecule has 2 aliphatic rings. The van der Waals surface area contributed by atoms with Crippen molar-refractivity contribution in [3.63, 3.8) is 0 Å². The minimum Gasteiger partial charge on any atom is -0.467 e. The Balaban J connectivity index is 1.28. The standard InChI is InChI=1S/C25H29N5O4/c1-27(2)24(31)16-28-9-11-29(12-10-28)17-25(32)30-20(22-8-5-13-33-22)15-19(26-30)23-14-18-6-3-4-7-21(18)34-23/h3-8,13-14,20H,9-12,15-17H2,1-2H3/t20-/m0/s1. The lowest BCUT2D eigenvalue weighted by Crippen LogP contribution is -2.51. The number of carbonyl (C=O) groups excluding carboxylic acids is 2. The number of fused-ring (bicyclic) bond motifs is 1. The van der Waals surface area contributed by atoms with Crippen LogP contribution in [0.2, 0.25) is 0 Å². The van der Waals surface area contributed by atoms with E-state index in [1.807, 2.05) is 42.5 Å². The zero-order valence-corrected chi connectivity index (χ0v) is 19.5. The molecular formula is C25H29N5O4. The zero-order chi connectivity index (χ0) is 23.7. The predicted octanol–water partition coefficient (Wildman–Crippen LogP) is 2.41. The molecule has 0 saturated carbocycles. The Kier molecular flexibility index (Phi) is 6.21. The fourth-order valence-electron chi connectivity index (χ4n) is 4.42. The van der Waals surface area contributed by atoms with Crippen LogP contribution >= 0.6 is 0 Å². The Morgan fingerprint density at radius 3 is 2.44 bits per heavy atom. The van der Waals surface area contributed by atoms with E-state index >= 15 is 0 Å². The van der Waals surface area contributed by atoms with Crippen LogP contribution < -0.4 is 0 Å². The average molecular weight is 464 g/mol. The number of benzene rings is 1. The van der Waals surface area contributed by atoms with Crippen molar-refractivity contribution in [3.05, 3.63) is 60.2 Å². The van der Waals surface area contributed by atoms with E-state index in [4.69, 9.17) is 8.83 Å². The highest BCUT2D eigenvalue weighted by Crippen LogP contribution is 2.34. The maximum Gasteiger partial charge on any atom is 0.257 e. The summed E-state index contributed by atoms with van der Waals surface area (Å²) in [4.78, 5) is 31.2. The van der Waals surface area contributed by atoms with E-state index in [-0.39, 0.29) is 24.4 Å². The zero-order valence-electron chi connectivity index (χ0n) is 19.5. The predicted molar refractivity (Wildman–Crippen MR) is 127 cm³/mol. The summed E-state index contributed by atoms with van der Waals surface area (Å²) >= 11 is 0. The minimum absolute atomic E-state index is 0.0784. The molecule has 1 atom stereocenters. The van der Waals surface area contributed by atoms with Gasteiger partial charge >= 0.3 is 0 Å². The first-order valence-corrected chi connectivity index (χ1v) is 11.5. The number of rotatable bonds is 6. The number of hydrogen-bond donors (Lipinski definition) is 0. The fourth-order valence-corrected chi connectivity index (χ4v) is 4.42. The molecule has 9 heteroatoms. The van der Waals surface area contributed by atoms with Gasteiger partial charge in [-0.2, -0.15) is 5.10 Å². The van der Waals surface area contributed by atoms with Gasteiger partial charge < -0.3 is 13.7 Å². The van der Waals surface area contributed by atoms with Gasteiger partial charge in [0.15, 0.2) is 5.76 Å². The second kappa shape index (κ2) is 9.44. The van der Waals surface area contributed by atoms with E-state index in [2.05, 4.69) is 14.9 Å². The third-order valence-electron chi connectivity index (χ3n) is 6.43. The first-order chi connectivity index (χ1) is 16.5. The van der Waals surface area contributed by atoms with Gasteiger partial charge in [0.1, 0.15) is 23.1 Å². The first kappa shape index (κ1) is 22.4. The Morgan fingerprint density at radius 2 is 1.76 bits per heavy atom. The van der Waals surface area contributed by atoms with Crippen molar-refractivity contribution in [2.45, 2.75) is 12.5 Å². The van der Waals surface area contributed by atoms with Crippen LogP contribution in [0.5, 0.6) is 0 Å². The molecule has 1 aromatic carbocycles. The number of likely N-dealkylation sites (N-methyl/N-ethyl adjacent to an activating group) is 1. The van der Waals surface area contributed by atoms with E-state index in [1.54, 1.807) is 30.3 Å². The lowest BCUT2D eigenvalue weighted by molar-refractivity contribution is -0.136. The highest BCUT2D eigenvalue weighted by atomic mass is 16.3. The van der Waals surface area contributed by atoms with Gasteiger partial charge in [-0.15, -0.1) is 0 Å². The van der Waals surface area contributed by atoms with Crippen molar-refractivity contribution in [1.29, 1.82) is 0 Å². The van der Waals surface area contributed by atoms with Crippen molar-refractivity contribution >= 4 is 28.5 Å². The first-order valence-electron chi connectivity index (χ1n) is 11.5. The van der Waals surface area contributed by atoms with Crippen LogP contribution in [0.3, 0.4) is 0 Å². The van der Waals surface area contributed by atoms with Gasteiger partial charge in [-0.3, -0.25) is 19.4 Å². The third-order valence-corrected chi connectivity index (χ3v) is 6.43. The molecule has 2 aromatic heterocycles. The molecule has 0 aliphatic carbocycles. The summed E-state index contributed by atoms with van der Waals surface area (Å²) in [5, 5.41) is 7.24. The van der Waals surface area contributed by atoms with Gasteiger partial charge in [0, 0.05) is 52.1 Å². The maximum absolute atomic E-state index is 13.3. The van der Waals surface area contributed by atoms with Crippen LogP contribution in [0, 0.1) is 0 Å². The van der Waals surface area contributed by atoms with Crippen molar-refractivity contribution in [2.75, 3.05) is 53.4 Å². The fraction of sp³-hybridized carbons (Fsp3) is 0.400. The Morgan fingerprint density at radius 1 is 1.03 bits per heavy atom. The molecule has 0 unspecified atom stereocenters. The molecule has 2 aliphatic heterocycles. The maximum atomic E-state index is 13.3. The summed E-state index contributed by atoms with van der Waals surface area (Å²) in [7, 11) is 3.53. The number of carbonyl (C=O) groups is 2. The van der Waals surface area contributed by atoms with Crippen molar-refractivity contribution in [1.82, 2.24) is 19.7 Å². The molecule has 9 nitrogen and oxygen atoms in total.